The van der Waals surface area contributed by atoms with E-state index < -0.39 is 10.9 Å². The molecular weight excluding hydrogens is 321 g/mol. The van der Waals surface area contributed by atoms with E-state index in [4.69, 9.17) is 0 Å². The standard InChI is InChI=1S/C17H11F3N2S/c18-17(19,20)23-15-8-6-13(7-9-15)10-16(11-21,12-22)14-4-2-1-3-5-14/h1-9H,10H2. The van der Waals surface area contributed by atoms with Crippen LogP contribution < -0.4 is 0 Å². The third-order valence-electron chi connectivity index (χ3n) is 3.27. The molecule has 0 amide bonds. The third-order valence-corrected chi connectivity index (χ3v) is 4.01. The number of halogens is 3. The fraction of sp³-hybridized carbons (Fsp3) is 0.176. The predicted molar refractivity (Wildman–Crippen MR) is 81.4 cm³/mol. The summed E-state index contributed by atoms with van der Waals surface area (Å²) in [6.45, 7) is 0. The zero-order chi connectivity index (χ0) is 16.9. The van der Waals surface area contributed by atoms with Gasteiger partial charge in [0.25, 0.3) is 0 Å². The first kappa shape index (κ1) is 16.9. The largest absolute Gasteiger partial charge is 0.446 e. The first-order valence-electron chi connectivity index (χ1n) is 6.61. The zero-order valence-corrected chi connectivity index (χ0v) is 12.7. The molecule has 0 saturated carbocycles. The summed E-state index contributed by atoms with van der Waals surface area (Å²) in [5.41, 5.74) is -4.50. The van der Waals surface area contributed by atoms with Gasteiger partial charge in [-0.3, -0.25) is 0 Å². The number of alkyl halides is 3. The molecule has 2 rings (SSSR count). The van der Waals surface area contributed by atoms with E-state index in [9.17, 15) is 23.7 Å². The maximum atomic E-state index is 12.3. The quantitative estimate of drug-likeness (QED) is 0.754. The van der Waals surface area contributed by atoms with E-state index >= 15 is 0 Å². The van der Waals surface area contributed by atoms with Crippen LogP contribution in [0.2, 0.25) is 0 Å². The summed E-state index contributed by atoms with van der Waals surface area (Å²) in [5.74, 6) is 0. The molecule has 0 N–H and O–H groups in total. The Morgan fingerprint density at radius 3 is 1.91 bits per heavy atom. The van der Waals surface area contributed by atoms with Crippen molar-refractivity contribution in [3.8, 4) is 12.1 Å². The molecule has 0 radical (unpaired) electrons. The Balaban J connectivity index is 2.26. The molecule has 0 bridgehead atoms. The second kappa shape index (κ2) is 6.76. The highest BCUT2D eigenvalue weighted by molar-refractivity contribution is 8.00. The van der Waals surface area contributed by atoms with Gasteiger partial charge in [-0.05, 0) is 35.0 Å². The van der Waals surface area contributed by atoms with Gasteiger partial charge in [-0.2, -0.15) is 23.7 Å². The maximum Gasteiger partial charge on any atom is 0.446 e. The highest BCUT2D eigenvalue weighted by Crippen LogP contribution is 2.37. The molecule has 0 heterocycles. The van der Waals surface area contributed by atoms with Gasteiger partial charge in [-0.1, -0.05) is 42.5 Å². The average Bonchev–Trinajstić information content (AvgIpc) is 2.54. The molecule has 6 heteroatoms. The highest BCUT2D eigenvalue weighted by atomic mass is 32.2. The van der Waals surface area contributed by atoms with Crippen molar-refractivity contribution in [3.63, 3.8) is 0 Å². The molecule has 23 heavy (non-hydrogen) atoms. The Kier molecular flexibility index (Phi) is 4.98. The summed E-state index contributed by atoms with van der Waals surface area (Å²) in [5, 5.41) is 18.9. The van der Waals surface area contributed by atoms with E-state index in [2.05, 4.69) is 0 Å². The molecule has 0 saturated heterocycles. The van der Waals surface area contributed by atoms with Crippen LogP contribution in [-0.4, -0.2) is 5.51 Å². The topological polar surface area (TPSA) is 47.6 Å². The lowest BCUT2D eigenvalue weighted by atomic mass is 9.78. The van der Waals surface area contributed by atoms with Crippen molar-refractivity contribution in [2.45, 2.75) is 22.2 Å². The highest BCUT2D eigenvalue weighted by Gasteiger charge is 2.33. The Labute approximate surface area is 136 Å². The van der Waals surface area contributed by atoms with E-state index in [-0.39, 0.29) is 23.1 Å². The molecule has 0 aliphatic rings. The van der Waals surface area contributed by atoms with Gasteiger partial charge in [0.15, 0.2) is 5.41 Å². The van der Waals surface area contributed by atoms with Crippen molar-refractivity contribution < 1.29 is 13.2 Å². The minimum Gasteiger partial charge on any atom is -0.196 e. The average molecular weight is 332 g/mol. The number of hydrogen-bond donors (Lipinski definition) is 0. The maximum absolute atomic E-state index is 12.3. The van der Waals surface area contributed by atoms with Gasteiger partial charge in [-0.15, -0.1) is 0 Å². The van der Waals surface area contributed by atoms with Crippen LogP contribution in [0.5, 0.6) is 0 Å². The van der Waals surface area contributed by atoms with Crippen LogP contribution >= 0.6 is 11.8 Å². The van der Waals surface area contributed by atoms with Gasteiger partial charge in [0.2, 0.25) is 0 Å². The number of nitrogens with zero attached hydrogens (tertiary/aromatic N) is 2. The molecular formula is C17H11F3N2S. The molecule has 2 aromatic carbocycles. The van der Waals surface area contributed by atoms with Crippen molar-refractivity contribution in [3.05, 3.63) is 65.7 Å². The van der Waals surface area contributed by atoms with E-state index in [0.717, 1.165) is 0 Å². The second-order valence-electron chi connectivity index (χ2n) is 4.86. The minimum atomic E-state index is -4.34. The van der Waals surface area contributed by atoms with E-state index in [0.29, 0.717) is 11.1 Å². The summed E-state index contributed by atoms with van der Waals surface area (Å²) in [7, 11) is 0. The molecule has 0 aliphatic carbocycles. The number of thioether (sulfide) groups is 1. The first-order chi connectivity index (χ1) is 10.9. The Hall–Kier alpha value is -2.44. The van der Waals surface area contributed by atoms with Crippen LogP contribution in [0, 0.1) is 22.7 Å². The lowest BCUT2D eigenvalue weighted by Gasteiger charge is -2.19. The van der Waals surface area contributed by atoms with Gasteiger partial charge < -0.3 is 0 Å². The predicted octanol–water partition coefficient (Wildman–Crippen LogP) is 4.83. The van der Waals surface area contributed by atoms with Crippen molar-refractivity contribution in [1.29, 1.82) is 10.5 Å². The molecule has 0 spiro atoms. The fourth-order valence-corrected chi connectivity index (χ4v) is 2.71. The smallest absolute Gasteiger partial charge is 0.196 e. The molecule has 0 fully saturated rings. The number of benzene rings is 2. The summed E-state index contributed by atoms with van der Waals surface area (Å²) < 4.78 is 37.0. The van der Waals surface area contributed by atoms with Crippen LogP contribution in [-0.2, 0) is 11.8 Å². The van der Waals surface area contributed by atoms with Crippen LogP contribution in [0.25, 0.3) is 0 Å². The monoisotopic (exact) mass is 332 g/mol. The van der Waals surface area contributed by atoms with E-state index in [1.807, 2.05) is 12.1 Å². The van der Waals surface area contributed by atoms with Gasteiger partial charge in [0, 0.05) is 11.3 Å². The van der Waals surface area contributed by atoms with E-state index in [1.54, 1.807) is 30.3 Å². The third kappa shape index (κ3) is 4.28. The van der Waals surface area contributed by atoms with E-state index in [1.165, 1.54) is 24.3 Å². The summed E-state index contributed by atoms with van der Waals surface area (Å²) in [4.78, 5) is 0.0699. The fourth-order valence-electron chi connectivity index (χ4n) is 2.17. The lowest BCUT2D eigenvalue weighted by molar-refractivity contribution is -0.0328. The van der Waals surface area contributed by atoms with Gasteiger partial charge in [0.1, 0.15) is 0 Å². The summed E-state index contributed by atoms with van der Waals surface area (Å²) in [6.07, 6.45) is 0.112. The molecule has 0 aromatic heterocycles. The second-order valence-corrected chi connectivity index (χ2v) is 6.00. The molecule has 2 nitrogen and oxygen atoms in total. The lowest BCUT2D eigenvalue weighted by Crippen LogP contribution is -2.25. The normalized spacial score (nSPS) is 11.5. The molecule has 0 atom stereocenters. The molecule has 0 aliphatic heterocycles. The van der Waals surface area contributed by atoms with Crippen LogP contribution in [0.4, 0.5) is 13.2 Å². The number of hydrogen-bond acceptors (Lipinski definition) is 3. The first-order valence-corrected chi connectivity index (χ1v) is 7.43. The Morgan fingerprint density at radius 2 is 1.43 bits per heavy atom. The van der Waals surface area contributed by atoms with Crippen LogP contribution in [0.3, 0.4) is 0 Å². The molecule has 116 valence electrons. The molecule has 2 aromatic rings. The van der Waals surface area contributed by atoms with Crippen LogP contribution in [0.15, 0.2) is 59.5 Å². The number of rotatable bonds is 4. The van der Waals surface area contributed by atoms with Crippen molar-refractivity contribution >= 4 is 11.8 Å². The van der Waals surface area contributed by atoms with Crippen molar-refractivity contribution in [2.75, 3.05) is 0 Å². The minimum absolute atomic E-state index is 0.0699. The SMILES string of the molecule is N#CC(C#N)(Cc1ccc(SC(F)(F)F)cc1)c1ccccc1. The number of nitriles is 2. The van der Waals surface area contributed by atoms with Gasteiger partial charge in [-0.25, -0.2) is 0 Å². The zero-order valence-electron chi connectivity index (χ0n) is 11.8. The summed E-state index contributed by atoms with van der Waals surface area (Å²) in [6, 6.07) is 18.4. The Morgan fingerprint density at radius 1 is 0.870 bits per heavy atom. The van der Waals surface area contributed by atoms with Gasteiger partial charge in [0.05, 0.1) is 12.1 Å². The van der Waals surface area contributed by atoms with Crippen LogP contribution in [0.1, 0.15) is 11.1 Å². The summed E-state index contributed by atoms with van der Waals surface area (Å²) >= 11 is -0.195. The Bertz CT molecular complexity index is 727. The van der Waals surface area contributed by atoms with Gasteiger partial charge >= 0.3 is 5.51 Å². The molecule has 0 unspecified atom stereocenters. The van der Waals surface area contributed by atoms with Crippen molar-refractivity contribution in [2.24, 2.45) is 0 Å². The van der Waals surface area contributed by atoms with Crippen molar-refractivity contribution in [1.82, 2.24) is 0 Å².